The lowest BCUT2D eigenvalue weighted by Gasteiger charge is -2.27. The molecular weight excluding hydrogens is 372 g/mol. The fourth-order valence-electron chi connectivity index (χ4n) is 4.29. The fourth-order valence-corrected chi connectivity index (χ4v) is 4.29. The fraction of sp³-hybridized carbons (Fsp3) is 0.292. The lowest BCUT2D eigenvalue weighted by atomic mass is 10.0. The van der Waals surface area contributed by atoms with E-state index in [1.807, 2.05) is 26.2 Å². The number of aryl methyl sites for hydroxylation is 3. The van der Waals surface area contributed by atoms with Crippen LogP contribution in [0.1, 0.15) is 17.0 Å². The molecule has 0 spiro atoms. The molecule has 152 valence electrons. The first kappa shape index (κ1) is 18.8. The topological polar surface area (TPSA) is 69.7 Å². The standard InChI is InChI=1S/C24H26N6/c1-15-10-19(11-16(2)28-15)18-4-5-21-17(3)23(29-22(21)12-18)20-13-26-24(27-14-20)30-8-6-25-7-9-30/h4-5,10-14,25,29H,6-9H2,1-3H3. The predicted molar refractivity (Wildman–Crippen MR) is 122 cm³/mol. The molecule has 1 aliphatic rings. The Balaban J connectivity index is 1.50. The van der Waals surface area contributed by atoms with Crippen LogP contribution in [0.25, 0.3) is 33.3 Å². The molecule has 6 heteroatoms. The minimum absolute atomic E-state index is 0.805. The highest BCUT2D eigenvalue weighted by molar-refractivity contribution is 5.93. The molecular formula is C24H26N6. The normalized spacial score (nSPS) is 14.4. The SMILES string of the molecule is Cc1cc(-c2ccc3c(C)c(-c4cnc(N5CCNCC5)nc4)[nH]c3c2)cc(C)n1. The first-order valence-electron chi connectivity index (χ1n) is 10.4. The molecule has 1 aromatic carbocycles. The van der Waals surface area contributed by atoms with E-state index in [1.165, 1.54) is 22.1 Å². The summed E-state index contributed by atoms with van der Waals surface area (Å²) in [7, 11) is 0. The quantitative estimate of drug-likeness (QED) is 0.545. The van der Waals surface area contributed by atoms with Crippen molar-refractivity contribution >= 4 is 16.9 Å². The van der Waals surface area contributed by atoms with Gasteiger partial charge in [-0.25, -0.2) is 9.97 Å². The number of pyridine rings is 1. The third-order valence-electron chi connectivity index (χ3n) is 5.80. The lowest BCUT2D eigenvalue weighted by Crippen LogP contribution is -2.44. The number of aromatic amines is 1. The van der Waals surface area contributed by atoms with E-state index in [-0.39, 0.29) is 0 Å². The molecule has 6 nitrogen and oxygen atoms in total. The van der Waals surface area contributed by atoms with Crippen molar-refractivity contribution in [2.75, 3.05) is 31.1 Å². The zero-order valence-corrected chi connectivity index (χ0v) is 17.7. The molecule has 1 fully saturated rings. The Morgan fingerprint density at radius 1 is 0.833 bits per heavy atom. The van der Waals surface area contributed by atoms with Gasteiger partial charge in [0.05, 0.1) is 5.69 Å². The number of piperazine rings is 1. The smallest absolute Gasteiger partial charge is 0.225 e. The van der Waals surface area contributed by atoms with Gasteiger partial charge < -0.3 is 15.2 Å². The van der Waals surface area contributed by atoms with Crippen molar-refractivity contribution in [2.24, 2.45) is 0 Å². The molecule has 5 rings (SSSR count). The zero-order valence-electron chi connectivity index (χ0n) is 17.7. The molecule has 0 amide bonds. The summed E-state index contributed by atoms with van der Waals surface area (Å²) in [4.78, 5) is 19.6. The number of nitrogens with zero attached hydrogens (tertiary/aromatic N) is 4. The van der Waals surface area contributed by atoms with Crippen molar-refractivity contribution in [3.8, 4) is 22.4 Å². The third-order valence-corrected chi connectivity index (χ3v) is 5.80. The van der Waals surface area contributed by atoms with E-state index in [4.69, 9.17) is 0 Å². The van der Waals surface area contributed by atoms with E-state index < -0.39 is 0 Å². The van der Waals surface area contributed by atoms with Gasteiger partial charge in [-0.05, 0) is 55.7 Å². The molecule has 0 atom stereocenters. The van der Waals surface area contributed by atoms with Crippen LogP contribution in [0.15, 0.2) is 42.7 Å². The summed E-state index contributed by atoms with van der Waals surface area (Å²) in [5.41, 5.74) is 8.89. The Hall–Kier alpha value is -3.25. The van der Waals surface area contributed by atoms with Gasteiger partial charge in [0.25, 0.3) is 0 Å². The third kappa shape index (κ3) is 3.44. The molecule has 0 saturated carbocycles. The van der Waals surface area contributed by atoms with E-state index in [0.717, 1.165) is 60.3 Å². The summed E-state index contributed by atoms with van der Waals surface area (Å²) < 4.78 is 0. The maximum absolute atomic E-state index is 4.63. The van der Waals surface area contributed by atoms with Crippen LogP contribution in [0.2, 0.25) is 0 Å². The van der Waals surface area contributed by atoms with Crippen LogP contribution in [0.3, 0.4) is 0 Å². The Morgan fingerprint density at radius 2 is 1.53 bits per heavy atom. The van der Waals surface area contributed by atoms with Crippen LogP contribution in [0, 0.1) is 20.8 Å². The number of aromatic nitrogens is 4. The Morgan fingerprint density at radius 3 is 2.23 bits per heavy atom. The second kappa shape index (κ2) is 7.54. The van der Waals surface area contributed by atoms with Gasteiger partial charge in [0.15, 0.2) is 0 Å². The maximum Gasteiger partial charge on any atom is 0.225 e. The molecule has 0 unspecified atom stereocenters. The van der Waals surface area contributed by atoms with Gasteiger partial charge in [0.1, 0.15) is 0 Å². The van der Waals surface area contributed by atoms with Crippen LogP contribution in [0.5, 0.6) is 0 Å². The molecule has 0 radical (unpaired) electrons. The maximum atomic E-state index is 4.63. The monoisotopic (exact) mass is 398 g/mol. The minimum atomic E-state index is 0.805. The van der Waals surface area contributed by atoms with E-state index in [0.29, 0.717) is 0 Å². The number of nitrogens with one attached hydrogen (secondary N) is 2. The number of hydrogen-bond acceptors (Lipinski definition) is 5. The molecule has 0 bridgehead atoms. The minimum Gasteiger partial charge on any atom is -0.354 e. The first-order valence-corrected chi connectivity index (χ1v) is 10.4. The van der Waals surface area contributed by atoms with Crippen molar-refractivity contribution in [1.82, 2.24) is 25.3 Å². The van der Waals surface area contributed by atoms with Gasteiger partial charge in [-0.1, -0.05) is 12.1 Å². The van der Waals surface area contributed by atoms with Crippen LogP contribution >= 0.6 is 0 Å². The number of hydrogen-bond donors (Lipinski definition) is 2. The molecule has 2 N–H and O–H groups in total. The summed E-state index contributed by atoms with van der Waals surface area (Å²) in [5, 5.41) is 4.59. The molecule has 1 aliphatic heterocycles. The average Bonchev–Trinajstić information content (AvgIpc) is 3.10. The Labute approximate surface area is 176 Å². The van der Waals surface area contributed by atoms with Crippen LogP contribution < -0.4 is 10.2 Å². The van der Waals surface area contributed by atoms with Crippen molar-refractivity contribution in [3.05, 3.63) is 59.7 Å². The largest absolute Gasteiger partial charge is 0.354 e. The van der Waals surface area contributed by atoms with Crippen molar-refractivity contribution in [1.29, 1.82) is 0 Å². The number of benzene rings is 1. The molecule has 0 aliphatic carbocycles. The molecule has 3 aromatic heterocycles. The second-order valence-corrected chi connectivity index (χ2v) is 8.03. The van der Waals surface area contributed by atoms with Crippen molar-refractivity contribution < 1.29 is 0 Å². The number of anilines is 1. The van der Waals surface area contributed by atoms with Crippen LogP contribution in [-0.2, 0) is 0 Å². The van der Waals surface area contributed by atoms with Gasteiger partial charge in [-0.15, -0.1) is 0 Å². The first-order chi connectivity index (χ1) is 14.6. The number of rotatable bonds is 3. The zero-order chi connectivity index (χ0) is 20.7. The van der Waals surface area contributed by atoms with Gasteiger partial charge in [-0.3, -0.25) is 4.98 Å². The van der Waals surface area contributed by atoms with Gasteiger partial charge in [0, 0.05) is 66.4 Å². The average molecular weight is 399 g/mol. The highest BCUT2D eigenvalue weighted by Gasteiger charge is 2.15. The number of H-pyrrole nitrogens is 1. The van der Waals surface area contributed by atoms with Gasteiger partial charge >= 0.3 is 0 Å². The molecule has 30 heavy (non-hydrogen) atoms. The summed E-state index contributed by atoms with van der Waals surface area (Å²) in [6, 6.07) is 10.9. The highest BCUT2D eigenvalue weighted by Crippen LogP contribution is 2.32. The van der Waals surface area contributed by atoms with E-state index in [9.17, 15) is 0 Å². The predicted octanol–water partition coefficient (Wildman–Crippen LogP) is 4.02. The van der Waals surface area contributed by atoms with Crippen LogP contribution in [-0.4, -0.2) is 46.1 Å². The van der Waals surface area contributed by atoms with Gasteiger partial charge in [-0.2, -0.15) is 0 Å². The van der Waals surface area contributed by atoms with Crippen LogP contribution in [0.4, 0.5) is 5.95 Å². The summed E-state index contributed by atoms with van der Waals surface area (Å²) in [6.07, 6.45) is 3.86. The molecule has 1 saturated heterocycles. The summed E-state index contributed by atoms with van der Waals surface area (Å²) in [5.74, 6) is 0.805. The summed E-state index contributed by atoms with van der Waals surface area (Å²) in [6.45, 7) is 10.1. The van der Waals surface area contributed by atoms with E-state index >= 15 is 0 Å². The highest BCUT2D eigenvalue weighted by atomic mass is 15.3. The van der Waals surface area contributed by atoms with E-state index in [2.05, 4.69) is 67.4 Å². The van der Waals surface area contributed by atoms with Gasteiger partial charge in [0.2, 0.25) is 5.95 Å². The summed E-state index contributed by atoms with van der Waals surface area (Å²) >= 11 is 0. The second-order valence-electron chi connectivity index (χ2n) is 8.03. The van der Waals surface area contributed by atoms with E-state index in [1.54, 1.807) is 0 Å². The van der Waals surface area contributed by atoms with Crippen molar-refractivity contribution in [2.45, 2.75) is 20.8 Å². The molecule has 4 aromatic rings. The Kier molecular flexibility index (Phi) is 4.71. The van der Waals surface area contributed by atoms with Crippen molar-refractivity contribution in [3.63, 3.8) is 0 Å². The Bertz CT molecular complexity index is 1180. The lowest BCUT2D eigenvalue weighted by molar-refractivity contribution is 0.580. The molecule has 4 heterocycles. The number of fused-ring (bicyclic) bond motifs is 1.